The van der Waals surface area contributed by atoms with Gasteiger partial charge in [-0.3, -0.25) is 4.79 Å². The van der Waals surface area contributed by atoms with Crippen LogP contribution >= 0.6 is 0 Å². The number of benzene rings is 1. The van der Waals surface area contributed by atoms with Gasteiger partial charge in [-0.2, -0.15) is 17.0 Å². The van der Waals surface area contributed by atoms with Crippen LogP contribution in [0, 0.1) is 5.92 Å². The van der Waals surface area contributed by atoms with Gasteiger partial charge in [-0.25, -0.2) is 0 Å². The maximum absolute atomic E-state index is 12.8. The zero-order chi connectivity index (χ0) is 18.6. The highest BCUT2D eigenvalue weighted by Crippen LogP contribution is 2.21. The maximum Gasteiger partial charge on any atom is 0.282 e. The van der Waals surface area contributed by atoms with Crippen LogP contribution < -0.4 is 0 Å². The van der Waals surface area contributed by atoms with Crippen LogP contribution in [0.25, 0.3) is 0 Å². The fourth-order valence-electron chi connectivity index (χ4n) is 3.74. The van der Waals surface area contributed by atoms with E-state index in [0.29, 0.717) is 51.6 Å². The van der Waals surface area contributed by atoms with Crippen molar-refractivity contribution in [3.05, 3.63) is 35.9 Å². The largest absolute Gasteiger partial charge is 0.340 e. The third-order valence-electron chi connectivity index (χ3n) is 5.33. The highest BCUT2D eigenvalue weighted by Gasteiger charge is 2.35. The van der Waals surface area contributed by atoms with Crippen molar-refractivity contribution < 1.29 is 13.2 Å². The Bertz CT molecular complexity index is 700. The number of hydrogen-bond donors (Lipinski definition) is 0. The summed E-state index contributed by atoms with van der Waals surface area (Å²) in [6.07, 6.45) is 3.22. The van der Waals surface area contributed by atoms with Gasteiger partial charge in [0.25, 0.3) is 10.2 Å². The molecule has 0 aliphatic carbocycles. The van der Waals surface area contributed by atoms with Crippen molar-refractivity contribution in [1.82, 2.24) is 13.5 Å². The standard InChI is InChI=1S/C19H29N3O3S/c1-17-6-5-11-22(16-17)26(24,25)21-14-12-20(13-15-21)19(23)10-9-18-7-3-2-4-8-18/h2-4,7-8,17H,5-6,9-16H2,1H3/t17-/m1/s1. The first kappa shape index (κ1) is 19.3. The smallest absolute Gasteiger partial charge is 0.282 e. The van der Waals surface area contributed by atoms with Crippen LogP contribution in [0.3, 0.4) is 0 Å². The predicted octanol–water partition coefficient (Wildman–Crippen LogP) is 1.74. The van der Waals surface area contributed by atoms with E-state index >= 15 is 0 Å². The fourth-order valence-corrected chi connectivity index (χ4v) is 5.50. The first-order valence-electron chi connectivity index (χ1n) is 9.54. The molecule has 0 spiro atoms. The van der Waals surface area contributed by atoms with Crippen molar-refractivity contribution in [2.24, 2.45) is 5.92 Å². The Kier molecular flexibility index (Phi) is 6.32. The molecule has 1 amide bonds. The lowest BCUT2D eigenvalue weighted by Crippen LogP contribution is -2.55. The fraction of sp³-hybridized carbons (Fsp3) is 0.632. The molecule has 144 valence electrons. The normalized spacial score (nSPS) is 23.1. The lowest BCUT2D eigenvalue weighted by atomic mass is 10.0. The Labute approximate surface area is 157 Å². The monoisotopic (exact) mass is 379 g/mol. The number of carbonyl (C=O) groups is 1. The molecule has 0 aromatic heterocycles. The average molecular weight is 380 g/mol. The molecule has 7 heteroatoms. The summed E-state index contributed by atoms with van der Waals surface area (Å²) in [5.41, 5.74) is 1.15. The van der Waals surface area contributed by atoms with E-state index in [4.69, 9.17) is 0 Å². The van der Waals surface area contributed by atoms with Crippen molar-refractivity contribution in [3.8, 4) is 0 Å². The summed E-state index contributed by atoms with van der Waals surface area (Å²) >= 11 is 0. The second-order valence-corrected chi connectivity index (χ2v) is 9.31. The van der Waals surface area contributed by atoms with Crippen LogP contribution in [0.5, 0.6) is 0 Å². The predicted molar refractivity (Wildman–Crippen MR) is 102 cm³/mol. The first-order valence-corrected chi connectivity index (χ1v) is 10.9. The van der Waals surface area contributed by atoms with E-state index in [-0.39, 0.29) is 5.91 Å². The molecule has 3 rings (SSSR count). The number of amides is 1. The number of piperidine rings is 1. The summed E-state index contributed by atoms with van der Waals surface area (Å²) < 4.78 is 28.8. The van der Waals surface area contributed by atoms with Crippen LogP contribution in [0.4, 0.5) is 0 Å². The third-order valence-corrected chi connectivity index (χ3v) is 7.34. The maximum atomic E-state index is 12.8. The van der Waals surface area contributed by atoms with Crippen LogP contribution in [-0.4, -0.2) is 67.1 Å². The van der Waals surface area contributed by atoms with Crippen molar-refractivity contribution in [2.75, 3.05) is 39.3 Å². The van der Waals surface area contributed by atoms with E-state index in [0.717, 1.165) is 24.8 Å². The summed E-state index contributed by atoms with van der Waals surface area (Å²) in [5.74, 6) is 0.525. The van der Waals surface area contributed by atoms with Crippen molar-refractivity contribution in [1.29, 1.82) is 0 Å². The van der Waals surface area contributed by atoms with Crippen LogP contribution in [-0.2, 0) is 21.4 Å². The summed E-state index contributed by atoms with van der Waals surface area (Å²) in [6, 6.07) is 9.97. The molecule has 6 nitrogen and oxygen atoms in total. The van der Waals surface area contributed by atoms with Gasteiger partial charge in [0.05, 0.1) is 0 Å². The molecule has 0 bridgehead atoms. The van der Waals surface area contributed by atoms with Crippen molar-refractivity contribution in [3.63, 3.8) is 0 Å². The summed E-state index contributed by atoms with van der Waals surface area (Å²) in [4.78, 5) is 14.2. The second-order valence-electron chi connectivity index (χ2n) is 7.38. The molecular weight excluding hydrogens is 350 g/mol. The molecule has 0 N–H and O–H groups in total. The SMILES string of the molecule is C[C@@H]1CCCN(S(=O)(=O)N2CCN(C(=O)CCc3ccccc3)CC2)C1. The van der Waals surface area contributed by atoms with Gasteiger partial charge in [0.2, 0.25) is 5.91 Å². The Hall–Kier alpha value is -1.44. The van der Waals surface area contributed by atoms with E-state index < -0.39 is 10.2 Å². The van der Waals surface area contributed by atoms with E-state index in [9.17, 15) is 13.2 Å². The number of aryl methyl sites for hydroxylation is 1. The average Bonchev–Trinajstić information content (AvgIpc) is 2.67. The van der Waals surface area contributed by atoms with Crippen molar-refractivity contribution >= 4 is 16.1 Å². The quantitative estimate of drug-likeness (QED) is 0.783. The van der Waals surface area contributed by atoms with Gasteiger partial charge >= 0.3 is 0 Å². The van der Waals surface area contributed by atoms with Gasteiger partial charge in [0.15, 0.2) is 0 Å². The van der Waals surface area contributed by atoms with Gasteiger partial charge in [-0.15, -0.1) is 0 Å². The summed E-state index contributed by atoms with van der Waals surface area (Å²) in [7, 11) is -3.39. The Morgan fingerprint density at radius 3 is 2.38 bits per heavy atom. The zero-order valence-corrected chi connectivity index (χ0v) is 16.3. The molecular formula is C19H29N3O3S. The topological polar surface area (TPSA) is 60.9 Å². The highest BCUT2D eigenvalue weighted by atomic mass is 32.2. The molecule has 0 saturated carbocycles. The summed E-state index contributed by atoms with van der Waals surface area (Å²) in [6.45, 7) is 5.08. The van der Waals surface area contributed by atoms with Crippen LogP contribution in [0.1, 0.15) is 31.7 Å². The minimum absolute atomic E-state index is 0.109. The molecule has 2 fully saturated rings. The molecule has 2 aliphatic rings. The van der Waals surface area contributed by atoms with Gasteiger partial charge in [-0.1, -0.05) is 37.3 Å². The molecule has 1 aromatic carbocycles. The zero-order valence-electron chi connectivity index (χ0n) is 15.5. The third kappa shape index (κ3) is 4.64. The van der Waals surface area contributed by atoms with E-state index in [1.54, 1.807) is 13.5 Å². The van der Waals surface area contributed by atoms with Gasteiger partial charge < -0.3 is 4.90 Å². The van der Waals surface area contributed by atoms with Crippen molar-refractivity contribution in [2.45, 2.75) is 32.6 Å². The molecule has 2 saturated heterocycles. The molecule has 1 aromatic rings. The molecule has 26 heavy (non-hydrogen) atoms. The second kappa shape index (κ2) is 8.50. The molecule has 2 aliphatic heterocycles. The molecule has 0 radical (unpaired) electrons. The van der Waals surface area contributed by atoms with Gasteiger partial charge in [-0.05, 0) is 30.7 Å². The molecule has 2 heterocycles. The number of nitrogens with zero attached hydrogens (tertiary/aromatic N) is 3. The van der Waals surface area contributed by atoms with Crippen LogP contribution in [0.15, 0.2) is 30.3 Å². The van der Waals surface area contributed by atoms with Gasteiger partial charge in [0, 0.05) is 45.7 Å². The molecule has 0 unspecified atom stereocenters. The highest BCUT2D eigenvalue weighted by molar-refractivity contribution is 7.86. The number of hydrogen-bond acceptors (Lipinski definition) is 3. The van der Waals surface area contributed by atoms with E-state index in [1.165, 1.54) is 0 Å². The number of rotatable bonds is 5. The van der Waals surface area contributed by atoms with Crippen LogP contribution in [0.2, 0.25) is 0 Å². The Morgan fingerprint density at radius 2 is 1.73 bits per heavy atom. The first-order chi connectivity index (χ1) is 12.5. The van der Waals surface area contributed by atoms with Gasteiger partial charge in [0.1, 0.15) is 0 Å². The lowest BCUT2D eigenvalue weighted by molar-refractivity contribution is -0.132. The number of piperazine rings is 1. The van der Waals surface area contributed by atoms with E-state index in [2.05, 4.69) is 6.92 Å². The minimum atomic E-state index is -3.39. The lowest BCUT2D eigenvalue weighted by Gasteiger charge is -2.38. The minimum Gasteiger partial charge on any atom is -0.340 e. The van der Waals surface area contributed by atoms with E-state index in [1.807, 2.05) is 30.3 Å². The molecule has 1 atom stereocenters. The Balaban J connectivity index is 1.49. The number of carbonyl (C=O) groups excluding carboxylic acids is 1. The Morgan fingerprint density at radius 1 is 1.04 bits per heavy atom. The summed E-state index contributed by atoms with van der Waals surface area (Å²) in [5, 5.41) is 0.